The topological polar surface area (TPSA) is 72.7 Å². The third-order valence-corrected chi connectivity index (χ3v) is 4.24. The average Bonchev–Trinajstić information content (AvgIpc) is 3.04. The van der Waals surface area contributed by atoms with E-state index in [-0.39, 0.29) is 5.91 Å². The van der Waals surface area contributed by atoms with Gasteiger partial charge in [0.25, 0.3) is 0 Å². The van der Waals surface area contributed by atoms with E-state index in [0.717, 1.165) is 11.4 Å². The van der Waals surface area contributed by atoms with Crippen molar-refractivity contribution in [3.05, 3.63) is 22.4 Å². The zero-order valence-electron chi connectivity index (χ0n) is 11.4. The first kappa shape index (κ1) is 15.0. The third-order valence-electron chi connectivity index (χ3n) is 2.41. The average molecular weight is 311 g/mol. The van der Waals surface area contributed by atoms with Crippen LogP contribution in [0.2, 0.25) is 0 Å². The van der Waals surface area contributed by atoms with Gasteiger partial charge >= 0.3 is 0 Å². The fourth-order valence-corrected chi connectivity index (χ4v) is 2.90. The highest BCUT2D eigenvalue weighted by atomic mass is 32.2. The zero-order chi connectivity index (χ0) is 14.4. The molecule has 0 fully saturated rings. The van der Waals surface area contributed by atoms with E-state index in [4.69, 9.17) is 0 Å². The molecule has 1 N–H and O–H groups in total. The molecular formula is C12H17N5OS2. The number of thioether (sulfide) groups is 1. The van der Waals surface area contributed by atoms with Crippen LogP contribution in [-0.4, -0.2) is 31.9 Å². The monoisotopic (exact) mass is 311 g/mol. The number of carbonyl (C=O) groups excluding carboxylic acids is 1. The lowest BCUT2D eigenvalue weighted by Gasteiger charge is -2.06. The number of amides is 1. The van der Waals surface area contributed by atoms with E-state index >= 15 is 0 Å². The molecule has 0 bridgehead atoms. The van der Waals surface area contributed by atoms with Crippen molar-refractivity contribution in [2.45, 2.75) is 32.1 Å². The summed E-state index contributed by atoms with van der Waals surface area (Å²) in [6.45, 7) is 5.54. The van der Waals surface area contributed by atoms with Gasteiger partial charge in [0.15, 0.2) is 0 Å². The van der Waals surface area contributed by atoms with Crippen LogP contribution in [0.5, 0.6) is 0 Å². The smallest absolute Gasteiger partial charge is 0.230 e. The largest absolute Gasteiger partial charge is 0.350 e. The lowest BCUT2D eigenvalue weighted by molar-refractivity contribution is -0.118. The van der Waals surface area contributed by atoms with E-state index in [2.05, 4.69) is 34.7 Å². The number of rotatable bonds is 7. The van der Waals surface area contributed by atoms with Crippen LogP contribution in [0.15, 0.2) is 22.7 Å². The van der Waals surface area contributed by atoms with Crippen LogP contribution in [0.1, 0.15) is 18.7 Å². The van der Waals surface area contributed by atoms with Gasteiger partial charge in [-0.2, -0.15) is 0 Å². The van der Waals surface area contributed by atoms with Gasteiger partial charge in [-0.3, -0.25) is 4.79 Å². The molecular weight excluding hydrogens is 294 g/mol. The van der Waals surface area contributed by atoms with Crippen LogP contribution < -0.4 is 5.32 Å². The molecule has 0 aliphatic heterocycles. The predicted octanol–water partition coefficient (Wildman–Crippen LogP) is 1.80. The van der Waals surface area contributed by atoms with E-state index in [1.807, 2.05) is 17.5 Å². The molecule has 0 radical (unpaired) electrons. The molecule has 2 rings (SSSR count). The maximum Gasteiger partial charge on any atom is 0.230 e. The Morgan fingerprint density at radius 2 is 2.40 bits per heavy atom. The molecule has 0 atom stereocenters. The summed E-state index contributed by atoms with van der Waals surface area (Å²) in [4.78, 5) is 12.9. The Kier molecular flexibility index (Phi) is 5.54. The molecule has 0 spiro atoms. The van der Waals surface area contributed by atoms with Crippen molar-refractivity contribution < 1.29 is 4.79 Å². The second-order valence-electron chi connectivity index (χ2n) is 4.68. The second-order valence-corrected chi connectivity index (χ2v) is 6.66. The molecule has 108 valence electrons. The summed E-state index contributed by atoms with van der Waals surface area (Å²) in [5.74, 6) is 0.775. The minimum atomic E-state index is -0.0116. The molecule has 8 heteroatoms. The van der Waals surface area contributed by atoms with Crippen LogP contribution >= 0.6 is 23.1 Å². The second kappa shape index (κ2) is 7.39. The van der Waals surface area contributed by atoms with Gasteiger partial charge in [-0.25, -0.2) is 4.68 Å². The molecule has 20 heavy (non-hydrogen) atoms. The van der Waals surface area contributed by atoms with Gasteiger partial charge in [0.1, 0.15) is 0 Å². The first-order valence-electron chi connectivity index (χ1n) is 6.33. The van der Waals surface area contributed by atoms with Gasteiger partial charge in [-0.1, -0.05) is 31.7 Å². The highest BCUT2D eigenvalue weighted by Crippen LogP contribution is 2.14. The Morgan fingerprint density at radius 1 is 1.55 bits per heavy atom. The van der Waals surface area contributed by atoms with Crippen LogP contribution in [0.3, 0.4) is 0 Å². The van der Waals surface area contributed by atoms with Crippen LogP contribution in [0, 0.1) is 5.92 Å². The fraction of sp³-hybridized carbons (Fsp3) is 0.500. The van der Waals surface area contributed by atoms with Crippen molar-refractivity contribution in [3.8, 4) is 0 Å². The fourth-order valence-electron chi connectivity index (χ4n) is 1.54. The van der Waals surface area contributed by atoms with Crippen LogP contribution in [0.25, 0.3) is 0 Å². The maximum atomic E-state index is 11.8. The Labute approximate surface area is 126 Å². The van der Waals surface area contributed by atoms with E-state index in [1.165, 1.54) is 11.8 Å². The highest BCUT2D eigenvalue weighted by Gasteiger charge is 2.10. The van der Waals surface area contributed by atoms with E-state index in [0.29, 0.717) is 23.4 Å². The van der Waals surface area contributed by atoms with Crippen molar-refractivity contribution in [1.29, 1.82) is 0 Å². The minimum absolute atomic E-state index is 0.0116. The van der Waals surface area contributed by atoms with E-state index < -0.39 is 0 Å². The molecule has 2 aromatic rings. The van der Waals surface area contributed by atoms with Gasteiger partial charge in [0.05, 0.1) is 12.3 Å². The lowest BCUT2D eigenvalue weighted by Crippen LogP contribution is -2.24. The highest BCUT2D eigenvalue weighted by molar-refractivity contribution is 7.99. The molecule has 6 nitrogen and oxygen atoms in total. The van der Waals surface area contributed by atoms with Crippen molar-refractivity contribution in [1.82, 2.24) is 25.5 Å². The normalized spacial score (nSPS) is 10.9. The minimum Gasteiger partial charge on any atom is -0.350 e. The van der Waals surface area contributed by atoms with Crippen molar-refractivity contribution >= 4 is 29.0 Å². The summed E-state index contributed by atoms with van der Waals surface area (Å²) in [6.07, 6.45) is 0. The Balaban J connectivity index is 1.77. The number of thiophene rings is 1. The number of hydrogen-bond donors (Lipinski definition) is 1. The number of tetrazole rings is 1. The molecule has 0 saturated carbocycles. The molecule has 0 aliphatic rings. The summed E-state index contributed by atoms with van der Waals surface area (Å²) in [5, 5.41) is 17.1. The summed E-state index contributed by atoms with van der Waals surface area (Å²) < 4.78 is 1.74. The summed E-state index contributed by atoms with van der Waals surface area (Å²) in [6, 6.07) is 3.97. The molecule has 0 unspecified atom stereocenters. The Bertz CT molecular complexity index is 538. The van der Waals surface area contributed by atoms with Gasteiger partial charge < -0.3 is 5.32 Å². The Morgan fingerprint density at radius 3 is 3.10 bits per heavy atom. The molecule has 1 amide bonds. The summed E-state index contributed by atoms with van der Waals surface area (Å²) in [7, 11) is 0. The van der Waals surface area contributed by atoms with Gasteiger partial charge in [0, 0.05) is 11.4 Å². The van der Waals surface area contributed by atoms with Crippen LogP contribution in [0.4, 0.5) is 0 Å². The van der Waals surface area contributed by atoms with Crippen molar-refractivity contribution in [2.75, 3.05) is 5.75 Å². The zero-order valence-corrected chi connectivity index (χ0v) is 13.1. The third kappa shape index (κ3) is 4.61. The molecule has 2 heterocycles. The molecule has 2 aromatic heterocycles. The summed E-state index contributed by atoms with van der Waals surface area (Å²) >= 11 is 2.99. The number of nitrogens with one attached hydrogen (secondary N) is 1. The number of carbonyl (C=O) groups is 1. The molecule has 0 saturated heterocycles. The molecule has 0 aliphatic carbocycles. The quantitative estimate of drug-likeness (QED) is 0.789. The Hall–Kier alpha value is -1.41. The van der Waals surface area contributed by atoms with E-state index in [1.54, 1.807) is 16.0 Å². The first-order valence-corrected chi connectivity index (χ1v) is 8.19. The summed E-state index contributed by atoms with van der Waals surface area (Å²) in [5.41, 5.74) is 0. The van der Waals surface area contributed by atoms with Crippen molar-refractivity contribution in [2.24, 2.45) is 5.92 Å². The number of aromatic nitrogens is 4. The standard InChI is InChI=1S/C12H17N5OS2/c1-9(2)7-17-12(14-15-16-17)20-8-11(18)13-6-10-4-3-5-19-10/h3-5,9H,6-8H2,1-2H3,(H,13,18). The van der Waals surface area contributed by atoms with E-state index in [9.17, 15) is 4.79 Å². The van der Waals surface area contributed by atoms with Gasteiger partial charge in [-0.15, -0.1) is 16.4 Å². The van der Waals surface area contributed by atoms with Gasteiger partial charge in [-0.05, 0) is 27.8 Å². The maximum absolute atomic E-state index is 11.8. The lowest BCUT2D eigenvalue weighted by atomic mass is 10.2. The SMILES string of the molecule is CC(C)Cn1nnnc1SCC(=O)NCc1cccs1. The number of nitrogens with zero attached hydrogens (tertiary/aromatic N) is 4. The van der Waals surface area contributed by atoms with Gasteiger partial charge in [0.2, 0.25) is 11.1 Å². The number of hydrogen-bond acceptors (Lipinski definition) is 6. The predicted molar refractivity (Wildman–Crippen MR) is 79.5 cm³/mol. The van der Waals surface area contributed by atoms with Crippen molar-refractivity contribution in [3.63, 3.8) is 0 Å². The van der Waals surface area contributed by atoms with Crippen LogP contribution in [-0.2, 0) is 17.9 Å². The first-order chi connectivity index (χ1) is 9.65. The molecule has 0 aromatic carbocycles.